The largest absolute Gasteiger partial charge is 0.343 e. The maximum Gasteiger partial charge on any atom is 0.254 e. The first-order chi connectivity index (χ1) is 13.8. The van der Waals surface area contributed by atoms with Crippen LogP contribution in [0.3, 0.4) is 0 Å². The molecule has 1 aromatic carbocycles. The highest BCUT2D eigenvalue weighted by molar-refractivity contribution is 7.09. The SMILES string of the molecule is O=C(c1ccc(-c2cncc3[nH]cnc23)cc1)N1CCCCC1c1nccs1. The molecule has 0 radical (unpaired) electrons. The van der Waals surface area contributed by atoms with Crippen molar-refractivity contribution >= 4 is 28.3 Å². The van der Waals surface area contributed by atoms with Crippen molar-refractivity contribution in [1.29, 1.82) is 0 Å². The number of rotatable bonds is 3. The Balaban J connectivity index is 1.43. The Morgan fingerprint density at radius 1 is 1.14 bits per heavy atom. The number of hydrogen-bond donors (Lipinski definition) is 1. The number of H-pyrrole nitrogens is 1. The van der Waals surface area contributed by atoms with Crippen molar-refractivity contribution < 1.29 is 4.79 Å². The average Bonchev–Trinajstić information content (AvgIpc) is 3.45. The minimum absolute atomic E-state index is 0.0718. The van der Waals surface area contributed by atoms with E-state index in [1.807, 2.05) is 46.9 Å². The Morgan fingerprint density at radius 3 is 2.86 bits per heavy atom. The van der Waals surface area contributed by atoms with Crippen LogP contribution in [0.5, 0.6) is 0 Å². The molecule has 7 heteroatoms. The highest BCUT2D eigenvalue weighted by atomic mass is 32.1. The summed E-state index contributed by atoms with van der Waals surface area (Å²) >= 11 is 1.63. The molecule has 140 valence electrons. The van der Waals surface area contributed by atoms with Crippen LogP contribution in [0, 0.1) is 0 Å². The van der Waals surface area contributed by atoms with Gasteiger partial charge in [-0.05, 0) is 37.0 Å². The molecule has 0 spiro atoms. The van der Waals surface area contributed by atoms with Gasteiger partial charge in [0.1, 0.15) is 5.01 Å². The third kappa shape index (κ3) is 2.97. The normalized spacial score (nSPS) is 17.1. The Kier molecular flexibility index (Phi) is 4.37. The number of fused-ring (bicyclic) bond motifs is 1. The van der Waals surface area contributed by atoms with Crippen molar-refractivity contribution in [2.24, 2.45) is 0 Å². The van der Waals surface area contributed by atoms with E-state index in [0.29, 0.717) is 5.56 Å². The molecule has 1 fully saturated rings. The Bertz CT molecular complexity index is 1100. The molecule has 1 aliphatic heterocycles. The zero-order valence-corrected chi connectivity index (χ0v) is 16.0. The van der Waals surface area contributed by atoms with Gasteiger partial charge in [-0.1, -0.05) is 12.1 Å². The number of carbonyl (C=O) groups is 1. The first-order valence-corrected chi connectivity index (χ1v) is 10.3. The lowest BCUT2D eigenvalue weighted by Gasteiger charge is -2.34. The first kappa shape index (κ1) is 17.1. The number of imidazole rings is 1. The molecule has 1 amide bonds. The summed E-state index contributed by atoms with van der Waals surface area (Å²) in [5.74, 6) is 0.0718. The number of nitrogens with one attached hydrogen (secondary N) is 1. The van der Waals surface area contributed by atoms with E-state index in [0.717, 1.165) is 53.0 Å². The topological polar surface area (TPSA) is 74.8 Å². The van der Waals surface area contributed by atoms with E-state index < -0.39 is 0 Å². The number of hydrogen-bond acceptors (Lipinski definition) is 5. The fourth-order valence-corrected chi connectivity index (χ4v) is 4.65. The van der Waals surface area contributed by atoms with Crippen LogP contribution in [0.2, 0.25) is 0 Å². The van der Waals surface area contributed by atoms with Gasteiger partial charge in [0.25, 0.3) is 5.91 Å². The molecule has 4 aromatic rings. The summed E-state index contributed by atoms with van der Waals surface area (Å²) in [5.41, 5.74) is 4.44. The van der Waals surface area contributed by atoms with Gasteiger partial charge in [-0.25, -0.2) is 9.97 Å². The van der Waals surface area contributed by atoms with E-state index in [4.69, 9.17) is 0 Å². The van der Waals surface area contributed by atoms with Gasteiger partial charge in [-0.15, -0.1) is 11.3 Å². The van der Waals surface area contributed by atoms with Crippen LogP contribution in [0.4, 0.5) is 0 Å². The molecule has 28 heavy (non-hydrogen) atoms. The summed E-state index contributed by atoms with van der Waals surface area (Å²) in [6, 6.07) is 7.83. The highest BCUT2D eigenvalue weighted by Gasteiger charge is 2.30. The number of carbonyl (C=O) groups excluding carboxylic acids is 1. The highest BCUT2D eigenvalue weighted by Crippen LogP contribution is 2.33. The molecule has 1 aliphatic rings. The third-order valence-corrected chi connectivity index (χ3v) is 6.15. The second-order valence-corrected chi connectivity index (χ2v) is 7.87. The van der Waals surface area contributed by atoms with E-state index >= 15 is 0 Å². The molecule has 1 N–H and O–H groups in total. The van der Waals surface area contributed by atoms with Gasteiger partial charge in [0, 0.05) is 35.4 Å². The van der Waals surface area contributed by atoms with Crippen LogP contribution in [-0.2, 0) is 0 Å². The molecule has 5 rings (SSSR count). The molecular weight excluding hydrogens is 370 g/mol. The van der Waals surface area contributed by atoms with Crippen LogP contribution >= 0.6 is 11.3 Å². The number of pyridine rings is 1. The predicted molar refractivity (Wildman–Crippen MR) is 109 cm³/mol. The fourth-order valence-electron chi connectivity index (χ4n) is 3.86. The van der Waals surface area contributed by atoms with Gasteiger partial charge < -0.3 is 9.88 Å². The molecule has 0 bridgehead atoms. The summed E-state index contributed by atoms with van der Waals surface area (Å²) in [5, 5.41) is 3.01. The maximum absolute atomic E-state index is 13.2. The molecule has 3 aromatic heterocycles. The number of nitrogens with zero attached hydrogens (tertiary/aromatic N) is 4. The summed E-state index contributed by atoms with van der Waals surface area (Å²) < 4.78 is 0. The second-order valence-electron chi connectivity index (χ2n) is 6.94. The van der Waals surface area contributed by atoms with Gasteiger partial charge >= 0.3 is 0 Å². The number of aromatic nitrogens is 4. The minimum Gasteiger partial charge on any atom is -0.343 e. The van der Waals surface area contributed by atoms with Crippen molar-refractivity contribution in [3.63, 3.8) is 0 Å². The number of amides is 1. The van der Waals surface area contributed by atoms with Crippen molar-refractivity contribution in [2.75, 3.05) is 6.54 Å². The average molecular weight is 389 g/mol. The number of benzene rings is 1. The lowest BCUT2D eigenvalue weighted by Crippen LogP contribution is -2.38. The third-order valence-electron chi connectivity index (χ3n) is 5.27. The van der Waals surface area contributed by atoms with Gasteiger partial charge in [0.15, 0.2) is 0 Å². The van der Waals surface area contributed by atoms with Crippen LogP contribution in [0.1, 0.15) is 40.7 Å². The van der Waals surface area contributed by atoms with Gasteiger partial charge in [0.05, 0.1) is 29.6 Å². The zero-order chi connectivity index (χ0) is 18.9. The van der Waals surface area contributed by atoms with Crippen molar-refractivity contribution in [3.05, 3.63) is 65.1 Å². The fraction of sp³-hybridized carbons (Fsp3) is 0.238. The Labute approximate surface area is 166 Å². The minimum atomic E-state index is 0.0718. The molecule has 1 atom stereocenters. The molecule has 0 saturated carbocycles. The van der Waals surface area contributed by atoms with E-state index in [9.17, 15) is 4.79 Å². The van der Waals surface area contributed by atoms with E-state index in [1.165, 1.54) is 0 Å². The predicted octanol–water partition coefficient (Wildman–Crippen LogP) is 4.45. The number of aromatic amines is 1. The maximum atomic E-state index is 13.2. The molecule has 4 heterocycles. The van der Waals surface area contributed by atoms with Crippen LogP contribution in [0.15, 0.2) is 54.6 Å². The first-order valence-electron chi connectivity index (χ1n) is 9.39. The van der Waals surface area contributed by atoms with Gasteiger partial charge in [0.2, 0.25) is 0 Å². The van der Waals surface area contributed by atoms with Gasteiger partial charge in [-0.3, -0.25) is 9.78 Å². The van der Waals surface area contributed by atoms with E-state index in [-0.39, 0.29) is 11.9 Å². The second kappa shape index (κ2) is 7.16. The monoisotopic (exact) mass is 389 g/mol. The summed E-state index contributed by atoms with van der Waals surface area (Å²) in [4.78, 5) is 31.4. The molecule has 1 unspecified atom stereocenters. The van der Waals surface area contributed by atoms with Crippen molar-refractivity contribution in [3.8, 4) is 11.1 Å². The molecule has 1 saturated heterocycles. The molecular formula is C21H19N5OS. The quantitative estimate of drug-likeness (QED) is 0.562. The van der Waals surface area contributed by atoms with Crippen molar-refractivity contribution in [2.45, 2.75) is 25.3 Å². The van der Waals surface area contributed by atoms with Crippen LogP contribution in [-0.4, -0.2) is 37.3 Å². The molecule has 6 nitrogen and oxygen atoms in total. The summed E-state index contributed by atoms with van der Waals surface area (Å²) in [7, 11) is 0. The lowest BCUT2D eigenvalue weighted by atomic mass is 10.00. The van der Waals surface area contributed by atoms with Crippen LogP contribution < -0.4 is 0 Å². The van der Waals surface area contributed by atoms with Crippen molar-refractivity contribution in [1.82, 2.24) is 24.8 Å². The zero-order valence-electron chi connectivity index (χ0n) is 15.2. The lowest BCUT2D eigenvalue weighted by molar-refractivity contribution is 0.0611. The Morgan fingerprint density at radius 2 is 2.04 bits per heavy atom. The summed E-state index contributed by atoms with van der Waals surface area (Å²) in [6.07, 6.45) is 10.2. The van der Waals surface area contributed by atoms with E-state index in [1.54, 1.807) is 23.9 Å². The smallest absolute Gasteiger partial charge is 0.254 e. The number of likely N-dealkylation sites (tertiary alicyclic amines) is 1. The number of thiazole rings is 1. The van der Waals surface area contributed by atoms with E-state index in [2.05, 4.69) is 19.9 Å². The molecule has 0 aliphatic carbocycles. The number of piperidine rings is 1. The summed E-state index contributed by atoms with van der Waals surface area (Å²) in [6.45, 7) is 0.779. The Hall–Kier alpha value is -3.06. The van der Waals surface area contributed by atoms with Crippen LogP contribution in [0.25, 0.3) is 22.2 Å². The van der Waals surface area contributed by atoms with Gasteiger partial charge in [-0.2, -0.15) is 0 Å². The standard InChI is InChI=1S/C21H19N5OS/c27-21(26-9-2-1-3-18(26)20-23-8-10-28-20)15-6-4-14(5-7-15)16-11-22-12-17-19(16)25-13-24-17/h4-8,10-13,18H,1-3,9H2,(H,24,25).